The van der Waals surface area contributed by atoms with Crippen molar-refractivity contribution in [1.82, 2.24) is 26.2 Å². The number of alkyl carbamates (subject to hydrolysis) is 1. The molecule has 2 aromatic carbocycles. The van der Waals surface area contributed by atoms with Crippen LogP contribution >= 0.6 is 39.1 Å². The first-order chi connectivity index (χ1) is 41.4. The standard InChI is InChI=1S/C60H80BrCl2FN8O16/c1-31(2)50(67-37(30-73)17-12-13-21-85-55(78)33(4)29-61)53(76)68-41(18-15-20-66-57(65)80)52(75)69-42-26-39(62)38(25-40(42)64)54(77)71(8)35(6)56(79)87-47-27-48(74)72(9)43-23-36(24-44(83-10)49(43)63)22-32(3)16-14-19-46(84-11)60(82)28-45(86-58(81)70-60)34(5)51-59(47,7)88-51/h14,16,19,23-26,30-31,34-35,37,41,45-47,50-51,67,82H,4,12-13,15,17-18,20-22,27-29H2,1-3,5-11H3,(H,68,76)(H,69,75)(H,70,81)(H3,65,66,80)/b19-14+,32-16+/t34-,35+,37?,41+,45+,46-,47+,50+,51+,59+,60+/m1/s1. The van der Waals surface area contributed by atoms with E-state index in [4.69, 9.17) is 57.4 Å². The Balaban J connectivity index is 1.36. The van der Waals surface area contributed by atoms with E-state index in [-0.39, 0.29) is 71.2 Å². The summed E-state index contributed by atoms with van der Waals surface area (Å²) in [4.78, 5) is 122. The first-order valence-electron chi connectivity index (χ1n) is 28.6. The number of benzene rings is 2. The van der Waals surface area contributed by atoms with E-state index in [2.05, 4.69) is 49.1 Å². The van der Waals surface area contributed by atoms with Crippen molar-refractivity contribution in [1.29, 1.82) is 0 Å². The van der Waals surface area contributed by atoms with Crippen molar-refractivity contribution in [3.8, 4) is 5.75 Å². The Labute approximate surface area is 529 Å². The van der Waals surface area contributed by atoms with Gasteiger partial charge < -0.3 is 69.8 Å². The number of ether oxygens (including phenoxy) is 6. The number of likely N-dealkylation sites (N-methyl/N-ethyl adjacent to an activating group) is 1. The smallest absolute Gasteiger partial charge is 0.409 e. The largest absolute Gasteiger partial charge is 0.495 e. The number of primary amides is 1. The number of halogens is 4. The van der Waals surface area contributed by atoms with Crippen LogP contribution in [-0.4, -0.2) is 171 Å². The van der Waals surface area contributed by atoms with Gasteiger partial charge in [0.05, 0.1) is 60.3 Å². The van der Waals surface area contributed by atoms with Crippen molar-refractivity contribution in [3.05, 3.63) is 87.2 Å². The summed E-state index contributed by atoms with van der Waals surface area (Å²) in [6.07, 6.45) is 1.37. The van der Waals surface area contributed by atoms with Gasteiger partial charge in [-0.15, -0.1) is 0 Å². The summed E-state index contributed by atoms with van der Waals surface area (Å²) in [5.41, 5.74) is 3.00. The molecule has 5 rings (SSSR count). The van der Waals surface area contributed by atoms with Crippen LogP contribution in [0.3, 0.4) is 0 Å². The van der Waals surface area contributed by atoms with Gasteiger partial charge in [0.2, 0.25) is 17.7 Å². The number of allylic oxidation sites excluding steroid dienone is 3. The summed E-state index contributed by atoms with van der Waals surface area (Å²) < 4.78 is 50.8. The molecule has 0 aromatic heterocycles. The number of aldehydes is 1. The lowest BCUT2D eigenvalue weighted by Crippen LogP contribution is -2.63. The number of urea groups is 1. The lowest BCUT2D eigenvalue weighted by atomic mass is 9.83. The number of anilines is 2. The van der Waals surface area contributed by atoms with Crippen LogP contribution in [0.5, 0.6) is 5.75 Å². The normalized spacial score (nSPS) is 24.2. The second kappa shape index (κ2) is 32.2. The second-order valence-electron chi connectivity index (χ2n) is 22.6. The molecule has 3 heterocycles. The summed E-state index contributed by atoms with van der Waals surface area (Å²) in [5, 5.41) is 24.9. The average molecular weight is 1340 g/mol. The molecule has 0 aliphatic carbocycles. The number of aliphatic hydroxyl groups is 1. The van der Waals surface area contributed by atoms with Crippen LogP contribution in [0.1, 0.15) is 102 Å². The quantitative estimate of drug-likeness (QED) is 0.0108. The van der Waals surface area contributed by atoms with Crippen LogP contribution < -0.4 is 42.0 Å². The molecule has 8 N–H and O–H groups in total. The summed E-state index contributed by atoms with van der Waals surface area (Å²) in [6.45, 7) is 13.6. The predicted octanol–water partition coefficient (Wildman–Crippen LogP) is 6.34. The molecule has 28 heteroatoms. The zero-order valence-corrected chi connectivity index (χ0v) is 54.0. The van der Waals surface area contributed by atoms with Crippen molar-refractivity contribution in [3.63, 3.8) is 0 Å². The molecule has 2 aromatic rings. The van der Waals surface area contributed by atoms with Gasteiger partial charge in [0.25, 0.3) is 5.91 Å². The lowest BCUT2D eigenvalue weighted by molar-refractivity contribution is -0.158. The third-order valence-corrected chi connectivity index (χ3v) is 17.1. The molecule has 2 saturated heterocycles. The highest BCUT2D eigenvalue weighted by atomic mass is 79.9. The SMILES string of the molecule is C=C(CBr)C(=O)OCCCCC(C=O)N[C@H](C(=O)N[C@@H](CCCNC(N)=O)C(=O)Nc1cc(Cl)c(C(=O)N(C)[C@@H](C)C(=O)O[C@H]2CC(=O)N(C)c3cc(cc(OC)c3Cl)C/C(C)=C/C=C/[C@@H](OC)[C@@]3(O)C[C@H](OC(=O)N3)[C@@H](C)[C@@H]3O[C@@]23C)cc1F)C(C)C. The van der Waals surface area contributed by atoms with Gasteiger partial charge in [-0.3, -0.25) is 29.8 Å². The fourth-order valence-corrected chi connectivity index (χ4v) is 11.0. The van der Waals surface area contributed by atoms with Crippen LogP contribution in [0.4, 0.5) is 25.4 Å². The van der Waals surface area contributed by atoms with E-state index >= 15 is 4.39 Å². The highest BCUT2D eigenvalue weighted by molar-refractivity contribution is 9.09. The zero-order valence-electron chi connectivity index (χ0n) is 50.9. The van der Waals surface area contributed by atoms with Crippen molar-refractivity contribution in [2.45, 2.75) is 153 Å². The number of amides is 7. The fourth-order valence-electron chi connectivity index (χ4n) is 10.2. The van der Waals surface area contributed by atoms with Gasteiger partial charge in [-0.05, 0) is 95.0 Å². The Morgan fingerprint density at radius 3 is 2.41 bits per heavy atom. The number of hydrogen-bond donors (Lipinski definition) is 7. The number of alkyl halides is 1. The van der Waals surface area contributed by atoms with Crippen LogP contribution in [0, 0.1) is 17.7 Å². The minimum absolute atomic E-state index is 0.00277. The highest BCUT2D eigenvalue weighted by Crippen LogP contribution is 2.49. The number of fused-ring (bicyclic) bond motifs is 5. The molecule has 0 radical (unpaired) electrons. The number of esters is 2. The van der Waals surface area contributed by atoms with E-state index in [9.17, 15) is 48.3 Å². The van der Waals surface area contributed by atoms with Gasteiger partial charge >= 0.3 is 24.1 Å². The molecule has 24 nitrogen and oxygen atoms in total. The maximum atomic E-state index is 16.2. The number of epoxide rings is 1. The average Bonchev–Trinajstić information content (AvgIpc) is 2.35. The Bertz CT molecular complexity index is 3010. The van der Waals surface area contributed by atoms with Gasteiger partial charge in [0.15, 0.2) is 5.72 Å². The number of carbonyl (C=O) groups is 9. The second-order valence-corrected chi connectivity index (χ2v) is 24.0. The molecular formula is C60H80BrCl2FN8O16. The van der Waals surface area contributed by atoms with Crippen molar-refractivity contribution >= 4 is 104 Å². The van der Waals surface area contributed by atoms with Crippen LogP contribution in [0.15, 0.2) is 60.2 Å². The monoisotopic (exact) mass is 1340 g/mol. The summed E-state index contributed by atoms with van der Waals surface area (Å²) in [6, 6.07) is -0.297. The molecule has 3 aliphatic rings. The van der Waals surface area contributed by atoms with Crippen molar-refractivity contribution in [2.24, 2.45) is 17.6 Å². The molecular weight excluding hydrogens is 1260 g/mol. The van der Waals surface area contributed by atoms with E-state index in [0.29, 0.717) is 31.1 Å². The van der Waals surface area contributed by atoms with E-state index in [1.807, 2.05) is 6.92 Å². The first-order valence-corrected chi connectivity index (χ1v) is 30.4. The molecule has 0 spiro atoms. The Morgan fingerprint density at radius 2 is 1.77 bits per heavy atom. The number of nitrogens with zero attached hydrogens (tertiary/aromatic N) is 2. The van der Waals surface area contributed by atoms with Gasteiger partial charge in [-0.1, -0.05) is 90.3 Å². The molecule has 2 fully saturated rings. The molecule has 484 valence electrons. The van der Waals surface area contributed by atoms with Gasteiger partial charge in [0, 0.05) is 51.0 Å². The predicted molar refractivity (Wildman–Crippen MR) is 328 cm³/mol. The number of nitrogens with one attached hydrogen (secondary N) is 5. The topological polar surface area (TPSA) is 325 Å². The maximum absolute atomic E-state index is 16.2. The van der Waals surface area contributed by atoms with Crippen molar-refractivity contribution in [2.75, 3.05) is 57.0 Å². The molecule has 11 atom stereocenters. The Hall–Kier alpha value is -6.68. The zero-order chi connectivity index (χ0) is 65.5. The Kier molecular flexibility index (Phi) is 26.4. The fraction of sp³-hybridized carbons (Fsp3) is 0.550. The summed E-state index contributed by atoms with van der Waals surface area (Å²) >= 11 is 16.6. The molecule has 0 saturated carbocycles. The van der Waals surface area contributed by atoms with E-state index in [0.717, 1.165) is 22.6 Å². The summed E-state index contributed by atoms with van der Waals surface area (Å²) in [5.74, 6) is -6.70. The number of nitrogens with two attached hydrogens (primary N) is 1. The van der Waals surface area contributed by atoms with E-state index in [1.54, 1.807) is 58.1 Å². The number of hydrogen-bond acceptors (Lipinski definition) is 17. The maximum Gasteiger partial charge on any atom is 0.409 e. The van der Waals surface area contributed by atoms with Gasteiger partial charge in [-0.25, -0.2) is 23.6 Å². The van der Waals surface area contributed by atoms with E-state index < -0.39 is 143 Å². The third kappa shape index (κ3) is 18.7. The van der Waals surface area contributed by atoms with Crippen LogP contribution in [-0.2, 0) is 58.9 Å². The van der Waals surface area contributed by atoms with Crippen LogP contribution in [0.2, 0.25) is 10.0 Å². The van der Waals surface area contributed by atoms with Crippen LogP contribution in [0.25, 0.3) is 0 Å². The highest BCUT2D eigenvalue weighted by Gasteiger charge is 2.64. The van der Waals surface area contributed by atoms with E-state index in [1.165, 1.54) is 40.1 Å². The third-order valence-electron chi connectivity index (χ3n) is 15.7. The Morgan fingerprint density at radius 1 is 1.07 bits per heavy atom. The number of carbonyl (C=O) groups excluding carboxylic acids is 9. The number of methoxy groups -OCH3 is 2. The molecule has 4 bridgehead atoms. The van der Waals surface area contributed by atoms with Gasteiger partial charge in [0.1, 0.15) is 58.9 Å². The number of unbranched alkanes of at least 4 members (excludes halogenated alkanes) is 1. The molecule has 3 aliphatic heterocycles. The molecule has 7 amide bonds. The molecule has 88 heavy (non-hydrogen) atoms. The number of rotatable bonds is 25. The minimum atomic E-state index is -1.95. The van der Waals surface area contributed by atoms with Gasteiger partial charge in [-0.2, -0.15) is 0 Å². The molecule has 1 unspecified atom stereocenters. The lowest BCUT2D eigenvalue weighted by Gasteiger charge is -2.42. The first kappa shape index (κ1) is 72.1. The van der Waals surface area contributed by atoms with Crippen molar-refractivity contribution < 1.29 is 81.1 Å². The minimum Gasteiger partial charge on any atom is -0.495 e. The summed E-state index contributed by atoms with van der Waals surface area (Å²) in [7, 11) is 5.53.